The Labute approximate surface area is 106 Å². The summed E-state index contributed by atoms with van der Waals surface area (Å²) < 4.78 is 1.14. The molecule has 0 spiro atoms. The Hall–Kier alpha value is -0.630. The molecule has 0 atom stereocenters. The van der Waals surface area contributed by atoms with E-state index in [0.29, 0.717) is 6.04 Å². The van der Waals surface area contributed by atoms with Crippen molar-refractivity contribution in [3.8, 4) is 0 Å². The lowest BCUT2D eigenvalue weighted by Crippen LogP contribution is -2.09. The van der Waals surface area contributed by atoms with Crippen LogP contribution in [0.5, 0.6) is 0 Å². The third kappa shape index (κ3) is 3.75. The van der Waals surface area contributed by atoms with Crippen LogP contribution in [0.4, 0.5) is 0 Å². The molecule has 0 aliphatic heterocycles. The first-order valence-electron chi connectivity index (χ1n) is 6.11. The van der Waals surface area contributed by atoms with Gasteiger partial charge in [-0.05, 0) is 30.5 Å². The number of aliphatic imine (C=N–C) groups is 1. The van der Waals surface area contributed by atoms with Gasteiger partial charge in [0.1, 0.15) is 0 Å². The van der Waals surface area contributed by atoms with Crippen LogP contribution in [0.2, 0.25) is 0 Å². The van der Waals surface area contributed by atoms with Crippen LogP contribution in [0.25, 0.3) is 0 Å². The minimum Gasteiger partial charge on any atom is -0.294 e. The molecule has 1 fully saturated rings. The molecule has 1 nitrogen and oxygen atoms in total. The molecule has 1 aromatic rings. The van der Waals surface area contributed by atoms with Gasteiger partial charge in [-0.25, -0.2) is 0 Å². The van der Waals surface area contributed by atoms with Crippen molar-refractivity contribution in [3.63, 3.8) is 0 Å². The summed E-state index contributed by atoms with van der Waals surface area (Å²) >= 11 is 3.44. The van der Waals surface area contributed by atoms with Crippen molar-refractivity contribution in [3.05, 3.63) is 34.3 Å². The second-order valence-electron chi connectivity index (χ2n) is 4.45. The van der Waals surface area contributed by atoms with Crippen molar-refractivity contribution in [1.82, 2.24) is 0 Å². The molecule has 1 aliphatic rings. The van der Waals surface area contributed by atoms with E-state index in [0.717, 1.165) is 10.9 Å². The van der Waals surface area contributed by atoms with E-state index in [1.807, 2.05) is 0 Å². The van der Waals surface area contributed by atoms with E-state index in [1.165, 1.54) is 37.7 Å². The molecule has 0 saturated heterocycles. The number of rotatable bonds is 3. The lowest BCUT2D eigenvalue weighted by atomic mass is 9.96. The molecule has 0 aromatic heterocycles. The third-order valence-corrected chi connectivity index (χ3v) is 3.66. The molecule has 2 rings (SSSR count). The number of nitrogens with zero attached hydrogens (tertiary/aromatic N) is 1. The van der Waals surface area contributed by atoms with Crippen LogP contribution in [0, 0.1) is 0 Å². The van der Waals surface area contributed by atoms with Gasteiger partial charge in [-0.3, -0.25) is 4.99 Å². The quantitative estimate of drug-likeness (QED) is 0.728. The maximum Gasteiger partial charge on any atom is 0.0495 e. The molecule has 0 N–H and O–H groups in total. The van der Waals surface area contributed by atoms with Gasteiger partial charge in [-0.15, -0.1) is 0 Å². The zero-order valence-electron chi connectivity index (χ0n) is 9.53. The van der Waals surface area contributed by atoms with Gasteiger partial charge in [-0.2, -0.15) is 0 Å². The lowest BCUT2D eigenvalue weighted by Gasteiger charge is -2.17. The largest absolute Gasteiger partial charge is 0.294 e. The number of halogens is 1. The Balaban J connectivity index is 1.81. The van der Waals surface area contributed by atoms with E-state index in [1.54, 1.807) is 0 Å². The fourth-order valence-electron chi connectivity index (χ4n) is 2.16. The predicted molar refractivity (Wildman–Crippen MR) is 73.2 cm³/mol. The minimum atomic E-state index is 0.601. The first kappa shape index (κ1) is 11.8. The highest BCUT2D eigenvalue weighted by Gasteiger charge is 2.10. The van der Waals surface area contributed by atoms with Gasteiger partial charge in [0.2, 0.25) is 0 Å². The van der Waals surface area contributed by atoms with Crippen LogP contribution in [0.3, 0.4) is 0 Å². The summed E-state index contributed by atoms with van der Waals surface area (Å²) in [6.45, 7) is 0. The van der Waals surface area contributed by atoms with E-state index in [9.17, 15) is 0 Å². The van der Waals surface area contributed by atoms with E-state index >= 15 is 0 Å². The van der Waals surface area contributed by atoms with Gasteiger partial charge in [-0.1, -0.05) is 47.3 Å². The Morgan fingerprint density at radius 3 is 2.50 bits per heavy atom. The van der Waals surface area contributed by atoms with Crippen LogP contribution in [0.15, 0.2) is 33.7 Å². The van der Waals surface area contributed by atoms with Crippen molar-refractivity contribution in [1.29, 1.82) is 0 Å². The molecule has 1 aromatic carbocycles. The molecule has 0 unspecified atom stereocenters. The first-order chi connectivity index (χ1) is 7.84. The lowest BCUT2D eigenvalue weighted by molar-refractivity contribution is 0.444. The average molecular weight is 280 g/mol. The first-order valence-corrected chi connectivity index (χ1v) is 6.90. The minimum absolute atomic E-state index is 0.601. The topological polar surface area (TPSA) is 12.4 Å². The molecular formula is C14H18BrN. The van der Waals surface area contributed by atoms with Crippen LogP contribution in [0.1, 0.15) is 37.7 Å². The number of benzene rings is 1. The Morgan fingerprint density at radius 1 is 1.12 bits per heavy atom. The highest BCUT2D eigenvalue weighted by atomic mass is 79.9. The Morgan fingerprint density at radius 2 is 1.81 bits per heavy atom. The van der Waals surface area contributed by atoms with Gasteiger partial charge in [0.25, 0.3) is 0 Å². The number of hydrogen-bond donors (Lipinski definition) is 0. The summed E-state index contributed by atoms with van der Waals surface area (Å²) in [6, 6.07) is 9.07. The van der Waals surface area contributed by atoms with Crippen LogP contribution < -0.4 is 0 Å². The summed E-state index contributed by atoms with van der Waals surface area (Å²) in [5, 5.41) is 0. The second kappa shape index (κ2) is 6.19. The number of hydrogen-bond acceptors (Lipinski definition) is 1. The highest BCUT2D eigenvalue weighted by Crippen LogP contribution is 2.20. The molecule has 0 amide bonds. The van der Waals surface area contributed by atoms with Crippen LogP contribution in [-0.4, -0.2) is 12.3 Å². The molecule has 0 radical (unpaired) electrons. The molecular weight excluding hydrogens is 262 g/mol. The van der Waals surface area contributed by atoms with Crippen molar-refractivity contribution in [2.24, 2.45) is 4.99 Å². The average Bonchev–Trinajstić information content (AvgIpc) is 2.33. The molecule has 1 aliphatic carbocycles. The second-order valence-corrected chi connectivity index (χ2v) is 5.37. The van der Waals surface area contributed by atoms with E-state index < -0.39 is 0 Å². The summed E-state index contributed by atoms with van der Waals surface area (Å²) in [7, 11) is 0. The highest BCUT2D eigenvalue weighted by molar-refractivity contribution is 9.10. The Bertz CT molecular complexity index is 336. The molecule has 2 heteroatoms. The molecule has 0 heterocycles. The van der Waals surface area contributed by atoms with Gasteiger partial charge in [0.15, 0.2) is 0 Å². The third-order valence-electron chi connectivity index (χ3n) is 3.13. The van der Waals surface area contributed by atoms with Crippen molar-refractivity contribution in [2.75, 3.05) is 0 Å². The molecule has 1 saturated carbocycles. The fraction of sp³-hybridized carbons (Fsp3) is 0.500. The van der Waals surface area contributed by atoms with Gasteiger partial charge >= 0.3 is 0 Å². The van der Waals surface area contributed by atoms with Crippen molar-refractivity contribution in [2.45, 2.75) is 44.6 Å². The molecule has 0 bridgehead atoms. The SMILES string of the molecule is Brc1ccc(CC=NC2CCCCC2)cc1. The predicted octanol–water partition coefficient (Wildman–Crippen LogP) is 4.40. The monoisotopic (exact) mass is 279 g/mol. The zero-order chi connectivity index (χ0) is 11.2. The summed E-state index contributed by atoms with van der Waals surface area (Å²) in [4.78, 5) is 4.66. The van der Waals surface area contributed by atoms with Crippen molar-refractivity contribution >= 4 is 22.1 Å². The van der Waals surface area contributed by atoms with Gasteiger partial charge in [0, 0.05) is 23.1 Å². The molecule has 16 heavy (non-hydrogen) atoms. The van der Waals surface area contributed by atoms with Gasteiger partial charge in [0.05, 0.1) is 0 Å². The van der Waals surface area contributed by atoms with Crippen LogP contribution >= 0.6 is 15.9 Å². The maximum atomic E-state index is 4.66. The smallest absolute Gasteiger partial charge is 0.0495 e. The zero-order valence-corrected chi connectivity index (χ0v) is 11.1. The summed E-state index contributed by atoms with van der Waals surface area (Å²) in [6.07, 6.45) is 9.76. The van der Waals surface area contributed by atoms with Crippen molar-refractivity contribution < 1.29 is 0 Å². The Kier molecular flexibility index (Phi) is 4.58. The van der Waals surface area contributed by atoms with Crippen LogP contribution in [-0.2, 0) is 6.42 Å². The summed E-state index contributed by atoms with van der Waals surface area (Å²) in [5.41, 5.74) is 1.34. The normalized spacial score (nSPS) is 18.1. The van der Waals surface area contributed by atoms with Gasteiger partial charge < -0.3 is 0 Å². The molecule has 86 valence electrons. The van der Waals surface area contributed by atoms with E-state index in [4.69, 9.17) is 0 Å². The fourth-order valence-corrected chi connectivity index (χ4v) is 2.42. The van der Waals surface area contributed by atoms with E-state index in [2.05, 4.69) is 51.4 Å². The summed E-state index contributed by atoms with van der Waals surface area (Å²) in [5.74, 6) is 0. The maximum absolute atomic E-state index is 4.66. The van der Waals surface area contributed by atoms with E-state index in [-0.39, 0.29) is 0 Å². The standard InChI is InChI=1S/C14H18BrN/c15-13-8-6-12(7-9-13)10-11-16-14-4-2-1-3-5-14/h6-9,11,14H,1-5,10H2.